The van der Waals surface area contributed by atoms with Gasteiger partial charge in [-0.3, -0.25) is 4.98 Å². The van der Waals surface area contributed by atoms with Crippen molar-refractivity contribution in [2.75, 3.05) is 0 Å². The van der Waals surface area contributed by atoms with Crippen molar-refractivity contribution in [3.63, 3.8) is 0 Å². The fraction of sp³-hybridized carbons (Fsp3) is 0.643. The average Bonchev–Trinajstić information content (AvgIpc) is 2.75. The molecule has 1 heterocycles. The molecule has 0 saturated heterocycles. The maximum Gasteiger partial charge on any atom is 0.0469 e. The number of rotatable bonds is 1. The van der Waals surface area contributed by atoms with E-state index in [9.17, 15) is 0 Å². The van der Waals surface area contributed by atoms with Gasteiger partial charge in [0.1, 0.15) is 0 Å². The van der Waals surface area contributed by atoms with E-state index in [-0.39, 0.29) is 0 Å². The summed E-state index contributed by atoms with van der Waals surface area (Å²) in [5, 5.41) is 0. The third kappa shape index (κ3) is 1.81. The fourth-order valence-electron chi connectivity index (χ4n) is 3.46. The van der Waals surface area contributed by atoms with Gasteiger partial charge in [-0.05, 0) is 49.7 Å². The molecule has 3 unspecified atom stereocenters. The molecule has 1 aromatic rings. The van der Waals surface area contributed by atoms with Gasteiger partial charge in [-0.2, -0.15) is 0 Å². The first-order valence-electron chi connectivity index (χ1n) is 6.44. The zero-order valence-corrected chi connectivity index (χ0v) is 11.1. The fourth-order valence-corrected chi connectivity index (χ4v) is 4.42. The van der Waals surface area contributed by atoms with Crippen LogP contribution in [0.15, 0.2) is 18.3 Å². The van der Waals surface area contributed by atoms with Crippen LogP contribution in [0.4, 0.5) is 0 Å². The third-order valence-corrected chi connectivity index (χ3v) is 5.37. The minimum absolute atomic E-state index is 0.719. The van der Waals surface area contributed by atoms with Crippen molar-refractivity contribution in [2.45, 2.75) is 49.3 Å². The van der Waals surface area contributed by atoms with Gasteiger partial charge in [-0.15, -0.1) is 0 Å². The first-order chi connectivity index (χ1) is 7.86. The van der Waals surface area contributed by atoms with Crippen molar-refractivity contribution >= 4 is 15.9 Å². The lowest BCUT2D eigenvalue weighted by atomic mass is 9.78. The molecule has 2 aliphatic rings. The van der Waals surface area contributed by atoms with Gasteiger partial charge in [0, 0.05) is 22.6 Å². The first-order valence-corrected chi connectivity index (χ1v) is 7.35. The van der Waals surface area contributed by atoms with Gasteiger partial charge < -0.3 is 0 Å². The number of halogens is 1. The van der Waals surface area contributed by atoms with Crippen molar-refractivity contribution in [3.05, 3.63) is 29.6 Å². The summed E-state index contributed by atoms with van der Waals surface area (Å²) in [5.41, 5.74) is 2.91. The highest BCUT2D eigenvalue weighted by Gasteiger charge is 2.35. The van der Waals surface area contributed by atoms with Gasteiger partial charge in [0.25, 0.3) is 0 Å². The smallest absolute Gasteiger partial charge is 0.0469 e. The molecule has 2 aliphatic carbocycles. The molecule has 2 heteroatoms. The second-order valence-electron chi connectivity index (χ2n) is 5.16. The van der Waals surface area contributed by atoms with Crippen molar-refractivity contribution in [2.24, 2.45) is 5.92 Å². The number of fused-ring (bicyclic) bond motifs is 1. The molecule has 0 aliphatic heterocycles. The molecular formula is C14H18BrN. The summed E-state index contributed by atoms with van der Waals surface area (Å²) in [6.45, 7) is 0. The lowest BCUT2D eigenvalue weighted by Crippen LogP contribution is -2.22. The number of aryl methyl sites for hydroxylation is 1. The second-order valence-corrected chi connectivity index (χ2v) is 6.33. The number of hydrogen-bond acceptors (Lipinski definition) is 1. The molecule has 1 saturated carbocycles. The SMILES string of the molecule is BrC1CCCC1C1CCCc2cccnc21. The van der Waals surface area contributed by atoms with E-state index in [1.165, 1.54) is 49.8 Å². The third-order valence-electron chi connectivity index (χ3n) is 4.24. The number of pyridine rings is 1. The molecule has 1 nitrogen and oxygen atoms in total. The topological polar surface area (TPSA) is 12.9 Å². The molecule has 1 fully saturated rings. The van der Waals surface area contributed by atoms with Crippen molar-refractivity contribution < 1.29 is 0 Å². The minimum atomic E-state index is 0.719. The maximum atomic E-state index is 4.66. The Morgan fingerprint density at radius 1 is 1.19 bits per heavy atom. The Labute approximate surface area is 106 Å². The Hall–Kier alpha value is -0.370. The molecule has 0 bridgehead atoms. The van der Waals surface area contributed by atoms with E-state index in [1.54, 1.807) is 0 Å². The highest BCUT2D eigenvalue weighted by molar-refractivity contribution is 9.09. The molecule has 86 valence electrons. The summed E-state index contributed by atoms with van der Waals surface area (Å²) in [4.78, 5) is 5.39. The van der Waals surface area contributed by atoms with E-state index in [1.807, 2.05) is 6.20 Å². The van der Waals surface area contributed by atoms with Crippen molar-refractivity contribution in [1.29, 1.82) is 0 Å². The summed E-state index contributed by atoms with van der Waals surface area (Å²) in [6, 6.07) is 4.36. The van der Waals surface area contributed by atoms with Gasteiger partial charge >= 0.3 is 0 Å². The molecule has 3 rings (SSSR count). The highest BCUT2D eigenvalue weighted by Crippen LogP contribution is 2.45. The monoisotopic (exact) mass is 279 g/mol. The normalized spacial score (nSPS) is 33.7. The Morgan fingerprint density at radius 3 is 2.94 bits per heavy atom. The van der Waals surface area contributed by atoms with E-state index < -0.39 is 0 Å². The van der Waals surface area contributed by atoms with Crippen LogP contribution in [-0.4, -0.2) is 9.81 Å². The van der Waals surface area contributed by atoms with Crippen LogP contribution in [0.1, 0.15) is 49.3 Å². The van der Waals surface area contributed by atoms with Crippen LogP contribution in [0.5, 0.6) is 0 Å². The van der Waals surface area contributed by atoms with Gasteiger partial charge in [-0.1, -0.05) is 28.4 Å². The van der Waals surface area contributed by atoms with Crippen LogP contribution in [0.25, 0.3) is 0 Å². The Kier molecular flexibility index (Phi) is 3.01. The Balaban J connectivity index is 1.92. The predicted octanol–water partition coefficient (Wildman–Crippen LogP) is 4.07. The van der Waals surface area contributed by atoms with Crippen LogP contribution in [0, 0.1) is 5.92 Å². The maximum absolute atomic E-state index is 4.66. The van der Waals surface area contributed by atoms with Crippen LogP contribution in [-0.2, 0) is 6.42 Å². The summed E-state index contributed by atoms with van der Waals surface area (Å²) in [6.07, 6.45) is 10.0. The molecule has 0 radical (unpaired) electrons. The van der Waals surface area contributed by atoms with Crippen LogP contribution >= 0.6 is 15.9 Å². The molecule has 1 aromatic heterocycles. The van der Waals surface area contributed by atoms with E-state index in [2.05, 4.69) is 33.0 Å². The number of hydrogen-bond donors (Lipinski definition) is 0. The molecular weight excluding hydrogens is 262 g/mol. The van der Waals surface area contributed by atoms with Gasteiger partial charge in [0.15, 0.2) is 0 Å². The number of nitrogens with zero attached hydrogens (tertiary/aromatic N) is 1. The van der Waals surface area contributed by atoms with Gasteiger partial charge in [-0.25, -0.2) is 0 Å². The number of alkyl halides is 1. The lowest BCUT2D eigenvalue weighted by molar-refractivity contribution is 0.387. The van der Waals surface area contributed by atoms with Gasteiger partial charge in [0.05, 0.1) is 0 Å². The molecule has 0 aromatic carbocycles. The molecule has 0 N–H and O–H groups in total. The predicted molar refractivity (Wildman–Crippen MR) is 70.0 cm³/mol. The van der Waals surface area contributed by atoms with Crippen molar-refractivity contribution in [3.8, 4) is 0 Å². The van der Waals surface area contributed by atoms with Gasteiger partial charge in [0.2, 0.25) is 0 Å². The quantitative estimate of drug-likeness (QED) is 0.707. The van der Waals surface area contributed by atoms with E-state index in [0.29, 0.717) is 0 Å². The van der Waals surface area contributed by atoms with E-state index in [4.69, 9.17) is 0 Å². The van der Waals surface area contributed by atoms with E-state index in [0.717, 1.165) is 16.7 Å². The lowest BCUT2D eigenvalue weighted by Gasteiger charge is -2.30. The molecule has 16 heavy (non-hydrogen) atoms. The largest absolute Gasteiger partial charge is 0.261 e. The Bertz CT molecular complexity index is 377. The average molecular weight is 280 g/mol. The molecule has 0 spiro atoms. The molecule has 3 atom stereocenters. The van der Waals surface area contributed by atoms with Crippen molar-refractivity contribution in [1.82, 2.24) is 4.98 Å². The Morgan fingerprint density at radius 2 is 2.12 bits per heavy atom. The summed E-state index contributed by atoms with van der Waals surface area (Å²) in [5.74, 6) is 1.55. The van der Waals surface area contributed by atoms with Crippen LogP contribution in [0.3, 0.4) is 0 Å². The molecule has 0 amide bonds. The van der Waals surface area contributed by atoms with E-state index >= 15 is 0 Å². The summed E-state index contributed by atoms with van der Waals surface area (Å²) >= 11 is 3.86. The van der Waals surface area contributed by atoms with Crippen LogP contribution < -0.4 is 0 Å². The van der Waals surface area contributed by atoms with Crippen LogP contribution in [0.2, 0.25) is 0 Å². The zero-order valence-electron chi connectivity index (χ0n) is 9.53. The summed E-state index contributed by atoms with van der Waals surface area (Å²) in [7, 11) is 0. The number of aromatic nitrogens is 1. The standard InChI is InChI=1S/C14H18BrN/c15-13-8-2-6-11(13)12-7-1-4-10-5-3-9-16-14(10)12/h3,5,9,11-13H,1-2,4,6-8H2. The zero-order chi connectivity index (χ0) is 11.0. The minimum Gasteiger partial charge on any atom is -0.261 e. The summed E-state index contributed by atoms with van der Waals surface area (Å²) < 4.78 is 0. The highest BCUT2D eigenvalue weighted by atomic mass is 79.9. The first kappa shape index (κ1) is 10.8. The second kappa shape index (κ2) is 4.48.